The smallest absolute Gasteiger partial charge is 0.137 e. The molecule has 0 saturated heterocycles. The van der Waals surface area contributed by atoms with Crippen molar-refractivity contribution in [1.82, 2.24) is 0 Å². The van der Waals surface area contributed by atoms with E-state index in [1.807, 2.05) is 0 Å². The van der Waals surface area contributed by atoms with Crippen LogP contribution < -0.4 is 5.32 Å². The molecule has 0 spiro atoms. The Labute approximate surface area is 107 Å². The lowest BCUT2D eigenvalue weighted by molar-refractivity contribution is 0.620. The van der Waals surface area contributed by atoms with Crippen LogP contribution in [0.15, 0.2) is 46.9 Å². The van der Waals surface area contributed by atoms with Crippen LogP contribution in [-0.4, -0.2) is 0 Å². The average molecular weight is 298 g/mol. The minimum Gasteiger partial charge on any atom is -0.381 e. The van der Waals surface area contributed by atoms with Crippen LogP contribution in [0.3, 0.4) is 0 Å². The number of hydrogen-bond acceptors (Lipinski definition) is 1. The lowest BCUT2D eigenvalue weighted by Crippen LogP contribution is -1.99. The second kappa shape index (κ2) is 5.27. The van der Waals surface area contributed by atoms with E-state index in [0.29, 0.717) is 16.7 Å². The van der Waals surface area contributed by atoms with Crippen molar-refractivity contribution in [3.8, 4) is 0 Å². The quantitative estimate of drug-likeness (QED) is 0.889. The molecule has 0 radical (unpaired) electrons. The third-order valence-corrected chi connectivity index (χ3v) is 2.91. The molecule has 0 saturated carbocycles. The van der Waals surface area contributed by atoms with Crippen LogP contribution in [0, 0.1) is 11.6 Å². The first-order valence-corrected chi connectivity index (χ1v) is 5.88. The van der Waals surface area contributed by atoms with Crippen LogP contribution in [0.4, 0.5) is 14.5 Å². The molecule has 2 aromatic carbocycles. The molecule has 0 aliphatic carbocycles. The standard InChI is InChI=1S/C13H10BrF2N/c14-12-6-9(4-5-13(12)16)8-17-11-3-1-2-10(15)7-11/h1-7,17H,8H2. The molecular formula is C13H10BrF2N. The number of halogens is 3. The molecule has 4 heteroatoms. The molecule has 0 aliphatic heterocycles. The largest absolute Gasteiger partial charge is 0.381 e. The first kappa shape index (κ1) is 12.0. The van der Waals surface area contributed by atoms with Crippen molar-refractivity contribution in [2.24, 2.45) is 0 Å². The molecule has 2 aromatic rings. The van der Waals surface area contributed by atoms with E-state index >= 15 is 0 Å². The molecule has 0 unspecified atom stereocenters. The Hall–Kier alpha value is -1.42. The van der Waals surface area contributed by atoms with Gasteiger partial charge in [-0.1, -0.05) is 12.1 Å². The number of anilines is 1. The van der Waals surface area contributed by atoms with Gasteiger partial charge in [0.2, 0.25) is 0 Å². The third-order valence-electron chi connectivity index (χ3n) is 2.31. The van der Waals surface area contributed by atoms with Crippen molar-refractivity contribution >= 4 is 21.6 Å². The Morgan fingerprint density at radius 3 is 2.59 bits per heavy atom. The molecule has 2 rings (SSSR count). The molecular weight excluding hydrogens is 288 g/mol. The normalized spacial score (nSPS) is 10.3. The minimum atomic E-state index is -0.292. The van der Waals surface area contributed by atoms with Crippen molar-refractivity contribution < 1.29 is 8.78 Å². The number of hydrogen-bond donors (Lipinski definition) is 1. The summed E-state index contributed by atoms with van der Waals surface area (Å²) in [7, 11) is 0. The lowest BCUT2D eigenvalue weighted by Gasteiger charge is -2.07. The van der Waals surface area contributed by atoms with E-state index in [2.05, 4.69) is 21.2 Å². The van der Waals surface area contributed by atoms with E-state index in [4.69, 9.17) is 0 Å². The molecule has 0 amide bonds. The van der Waals surface area contributed by atoms with Crippen molar-refractivity contribution in [2.45, 2.75) is 6.54 Å². The number of benzene rings is 2. The summed E-state index contributed by atoms with van der Waals surface area (Å²) in [6.07, 6.45) is 0. The van der Waals surface area contributed by atoms with Gasteiger partial charge in [-0.25, -0.2) is 8.78 Å². The monoisotopic (exact) mass is 297 g/mol. The Balaban J connectivity index is 2.05. The highest BCUT2D eigenvalue weighted by Crippen LogP contribution is 2.18. The molecule has 0 aliphatic rings. The van der Waals surface area contributed by atoms with Gasteiger partial charge in [0.1, 0.15) is 11.6 Å². The first-order chi connectivity index (χ1) is 8.15. The fraction of sp³-hybridized carbons (Fsp3) is 0.0769. The summed E-state index contributed by atoms with van der Waals surface area (Å²) in [4.78, 5) is 0. The Bertz CT molecular complexity index is 529. The molecule has 88 valence electrons. The maximum atomic E-state index is 13.0. The highest BCUT2D eigenvalue weighted by Gasteiger charge is 2.00. The fourth-order valence-electron chi connectivity index (χ4n) is 1.45. The molecule has 0 aromatic heterocycles. The van der Waals surface area contributed by atoms with Gasteiger partial charge in [0.15, 0.2) is 0 Å². The number of nitrogens with one attached hydrogen (secondary N) is 1. The van der Waals surface area contributed by atoms with E-state index in [1.54, 1.807) is 24.3 Å². The molecule has 0 heterocycles. The maximum absolute atomic E-state index is 13.0. The van der Waals surface area contributed by atoms with Crippen LogP contribution >= 0.6 is 15.9 Å². The van der Waals surface area contributed by atoms with E-state index in [9.17, 15) is 8.78 Å². The summed E-state index contributed by atoms with van der Waals surface area (Å²) in [6, 6.07) is 11.0. The van der Waals surface area contributed by atoms with E-state index in [0.717, 1.165) is 5.56 Å². The summed E-state index contributed by atoms with van der Waals surface area (Å²) in [6.45, 7) is 0.516. The van der Waals surface area contributed by atoms with Gasteiger partial charge in [-0.2, -0.15) is 0 Å². The summed E-state index contributed by atoms with van der Waals surface area (Å²) < 4.78 is 26.3. The SMILES string of the molecule is Fc1cccc(NCc2ccc(F)c(Br)c2)c1. The molecule has 1 nitrogen and oxygen atoms in total. The molecule has 0 atom stereocenters. The van der Waals surface area contributed by atoms with Gasteiger partial charge in [0.05, 0.1) is 4.47 Å². The van der Waals surface area contributed by atoms with Gasteiger partial charge < -0.3 is 5.32 Å². The molecule has 0 fully saturated rings. The van der Waals surface area contributed by atoms with Gasteiger partial charge in [-0.05, 0) is 51.8 Å². The van der Waals surface area contributed by atoms with Gasteiger partial charge in [-0.3, -0.25) is 0 Å². The molecule has 0 bridgehead atoms. The minimum absolute atomic E-state index is 0.282. The van der Waals surface area contributed by atoms with Crippen molar-refractivity contribution in [2.75, 3.05) is 5.32 Å². The summed E-state index contributed by atoms with van der Waals surface area (Å²) in [5.41, 5.74) is 1.62. The zero-order chi connectivity index (χ0) is 12.3. The second-order valence-corrected chi connectivity index (χ2v) is 4.47. The fourth-order valence-corrected chi connectivity index (χ4v) is 1.88. The van der Waals surface area contributed by atoms with Crippen LogP contribution in [0.5, 0.6) is 0 Å². The lowest BCUT2D eigenvalue weighted by atomic mass is 10.2. The average Bonchev–Trinajstić information content (AvgIpc) is 2.31. The Morgan fingerprint density at radius 2 is 1.88 bits per heavy atom. The van der Waals surface area contributed by atoms with Crippen molar-refractivity contribution in [3.63, 3.8) is 0 Å². The zero-order valence-electron chi connectivity index (χ0n) is 8.88. The Kier molecular flexibility index (Phi) is 3.74. The van der Waals surface area contributed by atoms with Gasteiger partial charge >= 0.3 is 0 Å². The van der Waals surface area contributed by atoms with Crippen LogP contribution in [0.1, 0.15) is 5.56 Å². The number of rotatable bonds is 3. The van der Waals surface area contributed by atoms with Gasteiger partial charge in [0, 0.05) is 12.2 Å². The topological polar surface area (TPSA) is 12.0 Å². The summed E-state index contributed by atoms with van der Waals surface area (Å²) in [5, 5.41) is 3.07. The first-order valence-electron chi connectivity index (χ1n) is 5.08. The summed E-state index contributed by atoms with van der Waals surface area (Å²) in [5.74, 6) is -0.574. The highest BCUT2D eigenvalue weighted by molar-refractivity contribution is 9.10. The zero-order valence-corrected chi connectivity index (χ0v) is 10.5. The summed E-state index contributed by atoms with van der Waals surface area (Å²) >= 11 is 3.12. The van der Waals surface area contributed by atoms with Crippen molar-refractivity contribution in [3.05, 3.63) is 64.1 Å². The molecule has 1 N–H and O–H groups in total. The highest BCUT2D eigenvalue weighted by atomic mass is 79.9. The second-order valence-electron chi connectivity index (χ2n) is 3.61. The van der Waals surface area contributed by atoms with Crippen molar-refractivity contribution in [1.29, 1.82) is 0 Å². The van der Waals surface area contributed by atoms with Crippen LogP contribution in [-0.2, 0) is 6.54 Å². The van der Waals surface area contributed by atoms with E-state index < -0.39 is 0 Å². The van der Waals surface area contributed by atoms with Crippen LogP contribution in [0.2, 0.25) is 0 Å². The van der Waals surface area contributed by atoms with Crippen LogP contribution in [0.25, 0.3) is 0 Å². The maximum Gasteiger partial charge on any atom is 0.137 e. The van der Waals surface area contributed by atoms with Gasteiger partial charge in [0.25, 0.3) is 0 Å². The third kappa shape index (κ3) is 3.27. The van der Waals surface area contributed by atoms with Gasteiger partial charge in [-0.15, -0.1) is 0 Å². The predicted octanol–water partition coefficient (Wildman–Crippen LogP) is 4.34. The van der Waals surface area contributed by atoms with E-state index in [-0.39, 0.29) is 11.6 Å². The molecule has 17 heavy (non-hydrogen) atoms. The predicted molar refractivity (Wildman–Crippen MR) is 67.8 cm³/mol. The Morgan fingerprint density at radius 1 is 1.06 bits per heavy atom. The van der Waals surface area contributed by atoms with E-state index in [1.165, 1.54) is 18.2 Å².